The van der Waals surface area contributed by atoms with Gasteiger partial charge in [-0.15, -0.1) is 0 Å². The van der Waals surface area contributed by atoms with E-state index < -0.39 is 6.04 Å². The van der Waals surface area contributed by atoms with Gasteiger partial charge in [0, 0.05) is 17.3 Å². The average Bonchev–Trinajstić information content (AvgIpc) is 2.69. The van der Waals surface area contributed by atoms with Gasteiger partial charge in [0.25, 0.3) is 5.56 Å². The van der Waals surface area contributed by atoms with Crippen LogP contribution in [0.25, 0.3) is 11.3 Å². The van der Waals surface area contributed by atoms with Crippen LogP contribution in [0.1, 0.15) is 43.9 Å². The summed E-state index contributed by atoms with van der Waals surface area (Å²) in [5.74, 6) is 0.143. The summed E-state index contributed by atoms with van der Waals surface area (Å²) in [4.78, 5) is 25.0. The zero-order valence-electron chi connectivity index (χ0n) is 16.6. The van der Waals surface area contributed by atoms with E-state index in [4.69, 9.17) is 0 Å². The molecule has 28 heavy (non-hydrogen) atoms. The van der Waals surface area contributed by atoms with E-state index in [0.717, 1.165) is 11.1 Å². The highest BCUT2D eigenvalue weighted by Crippen LogP contribution is 2.19. The van der Waals surface area contributed by atoms with Crippen LogP contribution in [0, 0.1) is 6.92 Å². The molecule has 1 unspecified atom stereocenters. The van der Waals surface area contributed by atoms with E-state index in [1.807, 2.05) is 55.5 Å². The van der Waals surface area contributed by atoms with Crippen LogP contribution in [0.4, 0.5) is 5.69 Å². The number of benzene rings is 2. The van der Waals surface area contributed by atoms with E-state index in [2.05, 4.69) is 24.3 Å². The zero-order chi connectivity index (χ0) is 20.3. The van der Waals surface area contributed by atoms with Gasteiger partial charge >= 0.3 is 0 Å². The van der Waals surface area contributed by atoms with Crippen molar-refractivity contribution < 1.29 is 4.79 Å². The van der Waals surface area contributed by atoms with Crippen molar-refractivity contribution in [3.05, 3.63) is 82.1 Å². The fourth-order valence-corrected chi connectivity index (χ4v) is 2.89. The van der Waals surface area contributed by atoms with Gasteiger partial charge in [-0.05, 0) is 43.5 Å². The predicted molar refractivity (Wildman–Crippen MR) is 113 cm³/mol. The quantitative estimate of drug-likeness (QED) is 0.712. The lowest BCUT2D eigenvalue weighted by atomic mass is 10.0. The highest BCUT2D eigenvalue weighted by atomic mass is 16.2. The van der Waals surface area contributed by atoms with E-state index >= 15 is 0 Å². The zero-order valence-corrected chi connectivity index (χ0v) is 16.6. The number of nitrogens with zero attached hydrogens (tertiary/aromatic N) is 2. The third-order valence-corrected chi connectivity index (χ3v) is 4.76. The van der Waals surface area contributed by atoms with E-state index in [9.17, 15) is 9.59 Å². The molecule has 0 aliphatic rings. The SMILES string of the molecule is Cc1ccc(-c2ccc(=O)n(C(C)C(=O)Nc3ccc(C(C)C)cc3)n2)cc1. The summed E-state index contributed by atoms with van der Waals surface area (Å²) < 4.78 is 1.23. The number of nitrogens with one attached hydrogen (secondary N) is 1. The Hall–Kier alpha value is -3.21. The minimum Gasteiger partial charge on any atom is -0.324 e. The van der Waals surface area contributed by atoms with Gasteiger partial charge in [0.1, 0.15) is 6.04 Å². The lowest BCUT2D eigenvalue weighted by molar-refractivity contribution is -0.119. The van der Waals surface area contributed by atoms with Crippen molar-refractivity contribution in [2.75, 3.05) is 5.32 Å². The topological polar surface area (TPSA) is 64.0 Å². The van der Waals surface area contributed by atoms with Crippen LogP contribution >= 0.6 is 0 Å². The molecule has 0 saturated carbocycles. The molecule has 0 aliphatic heterocycles. The van der Waals surface area contributed by atoms with Crippen LogP contribution < -0.4 is 10.9 Å². The van der Waals surface area contributed by atoms with Crippen molar-refractivity contribution in [3.8, 4) is 11.3 Å². The number of hydrogen-bond acceptors (Lipinski definition) is 3. The molecule has 1 N–H and O–H groups in total. The average molecular weight is 375 g/mol. The number of hydrogen-bond donors (Lipinski definition) is 1. The molecule has 0 spiro atoms. The van der Waals surface area contributed by atoms with E-state index in [1.165, 1.54) is 16.3 Å². The highest BCUT2D eigenvalue weighted by Gasteiger charge is 2.18. The first kappa shape index (κ1) is 19.5. The molecular formula is C23H25N3O2. The highest BCUT2D eigenvalue weighted by molar-refractivity contribution is 5.93. The first-order valence-electron chi connectivity index (χ1n) is 9.43. The summed E-state index contributed by atoms with van der Waals surface area (Å²) in [6.45, 7) is 7.92. The van der Waals surface area contributed by atoms with Gasteiger partial charge in [-0.1, -0.05) is 55.8 Å². The Morgan fingerprint density at radius 1 is 0.929 bits per heavy atom. The van der Waals surface area contributed by atoms with Crippen LogP contribution in [0.2, 0.25) is 0 Å². The molecule has 0 aliphatic carbocycles. The smallest absolute Gasteiger partial charge is 0.267 e. The van der Waals surface area contributed by atoms with Gasteiger partial charge in [-0.2, -0.15) is 5.10 Å². The van der Waals surface area contributed by atoms with Gasteiger partial charge < -0.3 is 5.32 Å². The fraction of sp³-hybridized carbons (Fsp3) is 0.261. The maximum atomic E-state index is 12.7. The molecule has 0 saturated heterocycles. The second-order valence-corrected chi connectivity index (χ2v) is 7.31. The molecule has 5 nitrogen and oxygen atoms in total. The first-order valence-corrected chi connectivity index (χ1v) is 9.43. The molecule has 1 heterocycles. The summed E-state index contributed by atoms with van der Waals surface area (Å²) in [6, 6.07) is 18.0. The summed E-state index contributed by atoms with van der Waals surface area (Å²) in [7, 11) is 0. The molecule has 1 amide bonds. The van der Waals surface area contributed by atoms with E-state index in [0.29, 0.717) is 17.3 Å². The van der Waals surface area contributed by atoms with Gasteiger partial charge in [0.15, 0.2) is 0 Å². The van der Waals surface area contributed by atoms with Gasteiger partial charge in [0.2, 0.25) is 5.91 Å². The maximum absolute atomic E-state index is 12.7. The minimum atomic E-state index is -0.734. The molecule has 3 aromatic rings. The summed E-state index contributed by atoms with van der Waals surface area (Å²) in [5, 5.41) is 7.28. The molecule has 2 aromatic carbocycles. The minimum absolute atomic E-state index is 0.284. The monoisotopic (exact) mass is 375 g/mol. The third-order valence-electron chi connectivity index (χ3n) is 4.76. The Labute approximate surface area is 165 Å². The maximum Gasteiger partial charge on any atom is 0.267 e. The van der Waals surface area contributed by atoms with Crippen molar-refractivity contribution >= 4 is 11.6 Å². The Morgan fingerprint density at radius 3 is 2.18 bits per heavy atom. The number of anilines is 1. The van der Waals surface area contributed by atoms with Crippen LogP contribution in [0.5, 0.6) is 0 Å². The Kier molecular flexibility index (Phi) is 5.73. The van der Waals surface area contributed by atoms with E-state index in [-0.39, 0.29) is 11.5 Å². The number of carbonyl (C=O) groups excluding carboxylic acids is 1. The molecule has 1 atom stereocenters. The number of carbonyl (C=O) groups is 1. The largest absolute Gasteiger partial charge is 0.324 e. The Bertz CT molecular complexity index is 1020. The molecule has 0 bridgehead atoms. The van der Waals surface area contributed by atoms with E-state index in [1.54, 1.807) is 13.0 Å². The molecule has 144 valence electrons. The summed E-state index contributed by atoms with van der Waals surface area (Å²) in [5.41, 5.74) is 4.29. The van der Waals surface area contributed by atoms with Gasteiger partial charge in [-0.25, -0.2) is 4.68 Å². The number of aromatic nitrogens is 2. The van der Waals surface area contributed by atoms with Crippen molar-refractivity contribution in [2.24, 2.45) is 0 Å². The van der Waals surface area contributed by atoms with Crippen LogP contribution in [0.3, 0.4) is 0 Å². The summed E-state index contributed by atoms with van der Waals surface area (Å²) >= 11 is 0. The Morgan fingerprint density at radius 2 is 1.57 bits per heavy atom. The van der Waals surface area contributed by atoms with Gasteiger partial charge in [-0.3, -0.25) is 9.59 Å². The van der Waals surface area contributed by atoms with Crippen molar-refractivity contribution in [3.63, 3.8) is 0 Å². The second-order valence-electron chi connectivity index (χ2n) is 7.31. The lowest BCUT2D eigenvalue weighted by Crippen LogP contribution is -2.33. The fourth-order valence-electron chi connectivity index (χ4n) is 2.89. The first-order chi connectivity index (χ1) is 13.3. The standard InChI is InChI=1S/C23H25N3O2/c1-15(2)18-9-11-20(12-10-18)24-23(28)17(4)26-22(27)14-13-21(25-26)19-7-5-16(3)6-8-19/h5-15,17H,1-4H3,(H,24,28). The van der Waals surface area contributed by atoms with Crippen LogP contribution in [-0.4, -0.2) is 15.7 Å². The Balaban J connectivity index is 1.81. The number of rotatable bonds is 5. The predicted octanol–water partition coefficient (Wildman–Crippen LogP) is 4.54. The number of amides is 1. The molecule has 5 heteroatoms. The van der Waals surface area contributed by atoms with Crippen LogP contribution in [0.15, 0.2) is 65.5 Å². The number of aryl methyl sites for hydroxylation is 1. The van der Waals surface area contributed by atoms with Gasteiger partial charge in [0.05, 0.1) is 5.69 Å². The lowest BCUT2D eigenvalue weighted by Gasteiger charge is -2.15. The molecule has 1 aromatic heterocycles. The van der Waals surface area contributed by atoms with Crippen molar-refractivity contribution in [1.82, 2.24) is 9.78 Å². The second kappa shape index (κ2) is 8.21. The molecular weight excluding hydrogens is 350 g/mol. The normalized spacial score (nSPS) is 12.0. The van der Waals surface area contributed by atoms with Crippen molar-refractivity contribution in [2.45, 2.75) is 39.7 Å². The van der Waals surface area contributed by atoms with Crippen LogP contribution in [-0.2, 0) is 4.79 Å². The molecule has 0 fully saturated rings. The molecule has 3 rings (SSSR count). The molecule has 0 radical (unpaired) electrons. The van der Waals surface area contributed by atoms with Crippen molar-refractivity contribution in [1.29, 1.82) is 0 Å². The third kappa shape index (κ3) is 4.36. The summed E-state index contributed by atoms with van der Waals surface area (Å²) in [6.07, 6.45) is 0.